The van der Waals surface area contributed by atoms with Crippen LogP contribution in [-0.2, 0) is 6.54 Å². The summed E-state index contributed by atoms with van der Waals surface area (Å²) < 4.78 is 36.9. The first-order valence-electron chi connectivity index (χ1n) is 4.49. The first-order valence-corrected chi connectivity index (χ1v) is 4.93. The van der Waals surface area contributed by atoms with Crippen LogP contribution in [0.2, 0.25) is 0 Å². The molecular weight excluding hydrogens is 231 g/mol. The van der Waals surface area contributed by atoms with Gasteiger partial charge in [0.05, 0.1) is 5.38 Å². The van der Waals surface area contributed by atoms with E-state index in [-0.39, 0.29) is 18.3 Å². The Morgan fingerprint density at radius 1 is 1.53 bits per heavy atom. The fraction of sp³-hybridized carbons (Fsp3) is 0.750. The molecule has 1 heterocycles. The van der Waals surface area contributed by atoms with Crippen molar-refractivity contribution in [3.05, 3.63) is 11.9 Å². The van der Waals surface area contributed by atoms with Crippen LogP contribution in [0.25, 0.3) is 0 Å². The highest BCUT2D eigenvalue weighted by Gasteiger charge is 2.26. The third-order valence-corrected chi connectivity index (χ3v) is 2.03. The van der Waals surface area contributed by atoms with Gasteiger partial charge < -0.3 is 0 Å². The fourth-order valence-corrected chi connectivity index (χ4v) is 1.15. The highest BCUT2D eigenvalue weighted by atomic mass is 35.5. The highest BCUT2D eigenvalue weighted by Crippen LogP contribution is 2.21. The van der Waals surface area contributed by atoms with Crippen molar-refractivity contribution in [1.29, 1.82) is 0 Å². The lowest BCUT2D eigenvalue weighted by atomic mass is 10.3. The van der Waals surface area contributed by atoms with Gasteiger partial charge >= 0.3 is 6.18 Å². The van der Waals surface area contributed by atoms with Crippen LogP contribution in [0.3, 0.4) is 0 Å². The number of rotatable bonds is 4. The topological polar surface area (TPSA) is 30.7 Å². The van der Waals surface area contributed by atoms with Gasteiger partial charge in [0.1, 0.15) is 5.69 Å². The standard InChI is InChI=1S/C8H11ClF3N3/c1-6(9)7-5-15(14-13-7)4-2-3-8(10,11)12/h5-6H,2-4H2,1H3. The maximum atomic E-state index is 11.8. The largest absolute Gasteiger partial charge is 0.389 e. The van der Waals surface area contributed by atoms with Crippen molar-refractivity contribution >= 4 is 11.6 Å². The van der Waals surface area contributed by atoms with E-state index in [2.05, 4.69) is 10.3 Å². The van der Waals surface area contributed by atoms with Gasteiger partial charge in [-0.2, -0.15) is 13.2 Å². The Morgan fingerprint density at radius 2 is 2.20 bits per heavy atom. The minimum absolute atomic E-state index is 0.00294. The van der Waals surface area contributed by atoms with Crippen molar-refractivity contribution in [3.8, 4) is 0 Å². The van der Waals surface area contributed by atoms with Crippen molar-refractivity contribution < 1.29 is 13.2 Å². The lowest BCUT2D eigenvalue weighted by Gasteiger charge is -2.04. The summed E-state index contributed by atoms with van der Waals surface area (Å²) in [5, 5.41) is 7.13. The molecule has 3 nitrogen and oxygen atoms in total. The Morgan fingerprint density at radius 3 is 2.67 bits per heavy atom. The van der Waals surface area contributed by atoms with Crippen LogP contribution in [0, 0.1) is 0 Å². The molecule has 0 aromatic carbocycles. The van der Waals surface area contributed by atoms with E-state index in [0.717, 1.165) is 0 Å². The summed E-state index contributed by atoms with van der Waals surface area (Å²) in [5.41, 5.74) is 0.573. The predicted octanol–water partition coefficient (Wildman–Crippen LogP) is 2.92. The van der Waals surface area contributed by atoms with Gasteiger partial charge in [0.2, 0.25) is 0 Å². The van der Waals surface area contributed by atoms with Crippen LogP contribution in [-0.4, -0.2) is 21.2 Å². The molecule has 7 heteroatoms. The van der Waals surface area contributed by atoms with Crippen LogP contribution < -0.4 is 0 Å². The zero-order valence-electron chi connectivity index (χ0n) is 8.13. The van der Waals surface area contributed by atoms with E-state index in [1.54, 1.807) is 13.1 Å². The van der Waals surface area contributed by atoms with E-state index in [1.165, 1.54) is 4.68 Å². The number of hydrogen-bond acceptors (Lipinski definition) is 2. The smallest absolute Gasteiger partial charge is 0.252 e. The summed E-state index contributed by atoms with van der Waals surface area (Å²) in [6.45, 7) is 1.93. The predicted molar refractivity (Wildman–Crippen MR) is 49.6 cm³/mol. The summed E-state index contributed by atoms with van der Waals surface area (Å²) in [4.78, 5) is 0. The maximum absolute atomic E-state index is 11.8. The van der Waals surface area contributed by atoms with Gasteiger partial charge in [-0.1, -0.05) is 5.21 Å². The molecule has 1 aromatic heterocycles. The van der Waals surface area contributed by atoms with Gasteiger partial charge in [-0.25, -0.2) is 0 Å². The summed E-state index contributed by atoms with van der Waals surface area (Å²) in [6.07, 6.45) is -3.35. The summed E-state index contributed by atoms with van der Waals surface area (Å²) in [5.74, 6) is 0. The average Bonchev–Trinajstić information content (AvgIpc) is 2.50. The van der Waals surface area contributed by atoms with E-state index in [9.17, 15) is 13.2 Å². The molecule has 0 fully saturated rings. The molecule has 0 N–H and O–H groups in total. The van der Waals surface area contributed by atoms with E-state index >= 15 is 0 Å². The van der Waals surface area contributed by atoms with Crippen molar-refractivity contribution in [2.75, 3.05) is 0 Å². The number of aromatic nitrogens is 3. The Kier molecular flexibility index (Phi) is 3.96. The number of halogens is 4. The molecule has 1 rings (SSSR count). The second-order valence-electron chi connectivity index (χ2n) is 3.24. The molecule has 1 aromatic rings. The molecule has 15 heavy (non-hydrogen) atoms. The molecule has 1 unspecified atom stereocenters. The molecule has 0 saturated carbocycles. The molecule has 0 aliphatic heterocycles. The summed E-state index contributed by atoms with van der Waals surface area (Å²) in [7, 11) is 0. The molecule has 0 aliphatic carbocycles. The number of aryl methyl sites for hydroxylation is 1. The quantitative estimate of drug-likeness (QED) is 0.759. The van der Waals surface area contributed by atoms with Crippen LogP contribution in [0.15, 0.2) is 6.20 Å². The van der Waals surface area contributed by atoms with Crippen molar-refractivity contribution in [2.45, 2.75) is 37.9 Å². The average molecular weight is 242 g/mol. The third-order valence-electron chi connectivity index (χ3n) is 1.81. The van der Waals surface area contributed by atoms with E-state index in [4.69, 9.17) is 11.6 Å². The fourth-order valence-electron chi connectivity index (χ4n) is 1.05. The Labute approximate surface area is 90.2 Å². The van der Waals surface area contributed by atoms with Crippen LogP contribution in [0.1, 0.15) is 30.8 Å². The number of hydrogen-bond donors (Lipinski definition) is 0. The molecule has 0 aliphatic rings. The van der Waals surface area contributed by atoms with Crippen molar-refractivity contribution in [1.82, 2.24) is 15.0 Å². The zero-order valence-corrected chi connectivity index (χ0v) is 8.89. The second-order valence-corrected chi connectivity index (χ2v) is 3.90. The Bertz CT molecular complexity index is 308. The van der Waals surface area contributed by atoms with E-state index in [1.807, 2.05) is 0 Å². The molecular formula is C8H11ClF3N3. The van der Waals surface area contributed by atoms with Gasteiger partial charge in [0.15, 0.2) is 0 Å². The monoisotopic (exact) mass is 241 g/mol. The molecule has 0 spiro atoms. The highest BCUT2D eigenvalue weighted by molar-refractivity contribution is 6.20. The summed E-state index contributed by atoms with van der Waals surface area (Å²) in [6, 6.07) is 0. The zero-order chi connectivity index (χ0) is 11.5. The van der Waals surface area contributed by atoms with E-state index < -0.39 is 12.6 Å². The maximum Gasteiger partial charge on any atom is 0.389 e. The van der Waals surface area contributed by atoms with Crippen LogP contribution >= 0.6 is 11.6 Å². The van der Waals surface area contributed by atoms with Crippen LogP contribution in [0.4, 0.5) is 13.2 Å². The molecule has 0 amide bonds. The first kappa shape index (κ1) is 12.3. The third kappa shape index (κ3) is 4.51. The second kappa shape index (κ2) is 4.83. The van der Waals surface area contributed by atoms with Gasteiger partial charge in [0.25, 0.3) is 0 Å². The molecule has 0 radical (unpaired) electrons. The number of nitrogens with zero attached hydrogens (tertiary/aromatic N) is 3. The van der Waals surface area contributed by atoms with Crippen molar-refractivity contribution in [3.63, 3.8) is 0 Å². The lowest BCUT2D eigenvalue weighted by Crippen LogP contribution is -2.09. The Balaban J connectivity index is 2.38. The SMILES string of the molecule is CC(Cl)c1cn(CCCC(F)(F)F)nn1. The number of alkyl halides is 4. The lowest BCUT2D eigenvalue weighted by molar-refractivity contribution is -0.136. The molecule has 0 saturated heterocycles. The van der Waals surface area contributed by atoms with Gasteiger partial charge in [-0.05, 0) is 13.3 Å². The van der Waals surface area contributed by atoms with Gasteiger partial charge in [0, 0.05) is 19.2 Å². The Hall–Kier alpha value is -0.780. The van der Waals surface area contributed by atoms with Crippen molar-refractivity contribution in [2.24, 2.45) is 0 Å². The molecule has 0 bridgehead atoms. The van der Waals surface area contributed by atoms with Crippen LogP contribution in [0.5, 0.6) is 0 Å². The van der Waals surface area contributed by atoms with Gasteiger partial charge in [-0.15, -0.1) is 16.7 Å². The minimum Gasteiger partial charge on any atom is -0.252 e. The molecule has 86 valence electrons. The first-order chi connectivity index (χ1) is 6.88. The summed E-state index contributed by atoms with van der Waals surface area (Å²) >= 11 is 5.73. The minimum atomic E-state index is -4.11. The normalized spacial score (nSPS) is 14.2. The van der Waals surface area contributed by atoms with E-state index in [0.29, 0.717) is 5.69 Å². The van der Waals surface area contributed by atoms with Gasteiger partial charge in [-0.3, -0.25) is 4.68 Å². The molecule has 1 atom stereocenters.